The lowest BCUT2D eigenvalue weighted by atomic mass is 9.88. The minimum absolute atomic E-state index is 0.0983. The van der Waals surface area contributed by atoms with Crippen molar-refractivity contribution in [1.29, 1.82) is 0 Å². The van der Waals surface area contributed by atoms with E-state index >= 15 is 0 Å². The minimum Gasteiger partial charge on any atom is -0.481 e. The number of carbonyl (C=O) groups excluding carboxylic acids is 1. The smallest absolute Gasteiger partial charge is 0.313 e. The fraction of sp³-hybridized carbons (Fsp3) is 0.389. The van der Waals surface area contributed by atoms with Crippen molar-refractivity contribution in [3.8, 4) is 0 Å². The van der Waals surface area contributed by atoms with E-state index in [1.165, 1.54) is 7.11 Å². The summed E-state index contributed by atoms with van der Waals surface area (Å²) in [6.45, 7) is 1.15. The summed E-state index contributed by atoms with van der Waals surface area (Å²) in [6, 6.07) is 9.20. The molecule has 1 N–H and O–H groups in total. The number of carbonyl (C=O) groups is 2. The van der Waals surface area contributed by atoms with Gasteiger partial charge in [0, 0.05) is 38.2 Å². The summed E-state index contributed by atoms with van der Waals surface area (Å²) in [5, 5.41) is 13.7. The van der Waals surface area contributed by atoms with E-state index in [9.17, 15) is 14.7 Å². The SMILES string of the molecule is COCC1(C(=O)O)CCN(C(=O)c2ccccc2Cn2cccn2)C1. The van der Waals surface area contributed by atoms with E-state index in [1.807, 2.05) is 30.5 Å². The number of aliphatic carboxylic acids is 1. The van der Waals surface area contributed by atoms with Crippen LogP contribution in [0.3, 0.4) is 0 Å². The fourth-order valence-corrected chi connectivity index (χ4v) is 3.28. The molecule has 132 valence electrons. The first-order chi connectivity index (χ1) is 12.1. The number of carboxylic acids is 1. The highest BCUT2D eigenvalue weighted by Crippen LogP contribution is 2.32. The van der Waals surface area contributed by atoms with Crippen LogP contribution in [0, 0.1) is 5.41 Å². The average molecular weight is 343 g/mol. The van der Waals surface area contributed by atoms with Crippen LogP contribution in [0.25, 0.3) is 0 Å². The lowest BCUT2D eigenvalue weighted by molar-refractivity contribution is -0.151. The molecule has 2 heterocycles. The van der Waals surface area contributed by atoms with Gasteiger partial charge in [0.2, 0.25) is 0 Å². The molecule has 1 aromatic heterocycles. The summed E-state index contributed by atoms with van der Waals surface area (Å²) in [7, 11) is 1.48. The molecule has 25 heavy (non-hydrogen) atoms. The summed E-state index contributed by atoms with van der Waals surface area (Å²) < 4.78 is 6.84. The van der Waals surface area contributed by atoms with E-state index in [0.717, 1.165) is 5.56 Å². The topological polar surface area (TPSA) is 84.7 Å². The lowest BCUT2D eigenvalue weighted by Gasteiger charge is -2.24. The van der Waals surface area contributed by atoms with Crippen LogP contribution in [-0.4, -0.2) is 58.5 Å². The van der Waals surface area contributed by atoms with Crippen molar-refractivity contribution in [2.24, 2.45) is 5.41 Å². The molecule has 1 unspecified atom stereocenters. The van der Waals surface area contributed by atoms with Crippen molar-refractivity contribution in [2.45, 2.75) is 13.0 Å². The number of methoxy groups -OCH3 is 1. The van der Waals surface area contributed by atoms with Gasteiger partial charge in [-0.05, 0) is 24.1 Å². The van der Waals surface area contributed by atoms with Crippen LogP contribution in [0.2, 0.25) is 0 Å². The van der Waals surface area contributed by atoms with Crippen molar-refractivity contribution in [1.82, 2.24) is 14.7 Å². The maximum atomic E-state index is 13.0. The molecule has 0 bridgehead atoms. The Kier molecular flexibility index (Phi) is 4.85. The van der Waals surface area contributed by atoms with E-state index < -0.39 is 11.4 Å². The molecule has 1 saturated heterocycles. The molecule has 1 aromatic carbocycles. The van der Waals surface area contributed by atoms with Gasteiger partial charge in [-0.2, -0.15) is 5.10 Å². The zero-order valence-electron chi connectivity index (χ0n) is 14.1. The maximum Gasteiger partial charge on any atom is 0.313 e. The third-order valence-electron chi connectivity index (χ3n) is 4.65. The Labute approximate surface area is 145 Å². The molecule has 0 saturated carbocycles. The van der Waals surface area contributed by atoms with Gasteiger partial charge in [-0.3, -0.25) is 14.3 Å². The number of carboxylic acid groups (broad SMARTS) is 1. The molecular weight excluding hydrogens is 322 g/mol. The zero-order valence-corrected chi connectivity index (χ0v) is 14.1. The molecule has 7 heteroatoms. The average Bonchev–Trinajstić information content (AvgIpc) is 3.26. The second-order valence-electron chi connectivity index (χ2n) is 6.36. The van der Waals surface area contributed by atoms with Crippen LogP contribution >= 0.6 is 0 Å². The van der Waals surface area contributed by atoms with Crippen molar-refractivity contribution in [3.05, 3.63) is 53.9 Å². The number of likely N-dealkylation sites (tertiary alicyclic amines) is 1. The summed E-state index contributed by atoms with van der Waals surface area (Å²) in [6.07, 6.45) is 3.92. The largest absolute Gasteiger partial charge is 0.481 e. The van der Waals surface area contributed by atoms with Gasteiger partial charge in [-0.15, -0.1) is 0 Å². The molecular formula is C18H21N3O4. The van der Waals surface area contributed by atoms with Crippen molar-refractivity contribution in [3.63, 3.8) is 0 Å². The van der Waals surface area contributed by atoms with Crippen LogP contribution in [0.5, 0.6) is 0 Å². The number of rotatable bonds is 6. The minimum atomic E-state index is -1.03. The summed E-state index contributed by atoms with van der Waals surface area (Å²) in [5.41, 5.74) is 0.411. The first-order valence-corrected chi connectivity index (χ1v) is 8.13. The Bertz CT molecular complexity index is 759. The van der Waals surface area contributed by atoms with Gasteiger partial charge in [0.05, 0.1) is 13.2 Å². The number of amides is 1. The van der Waals surface area contributed by atoms with Crippen molar-refractivity contribution in [2.75, 3.05) is 26.8 Å². The highest BCUT2D eigenvalue weighted by atomic mass is 16.5. The summed E-state index contributed by atoms with van der Waals surface area (Å²) in [4.78, 5) is 26.2. The molecule has 0 spiro atoms. The molecule has 3 rings (SSSR count). The Hall–Kier alpha value is -2.67. The molecule has 1 fully saturated rings. The molecule has 1 aliphatic rings. The summed E-state index contributed by atoms with van der Waals surface area (Å²) in [5.74, 6) is -1.07. The Morgan fingerprint density at radius 1 is 1.32 bits per heavy atom. The van der Waals surface area contributed by atoms with E-state index in [4.69, 9.17) is 4.74 Å². The predicted octanol–water partition coefficient (Wildman–Crippen LogP) is 1.49. The lowest BCUT2D eigenvalue weighted by Crippen LogP contribution is -2.40. The molecule has 1 amide bonds. The first-order valence-electron chi connectivity index (χ1n) is 8.13. The molecule has 2 aromatic rings. The van der Waals surface area contributed by atoms with Crippen LogP contribution in [-0.2, 0) is 16.1 Å². The number of aromatic nitrogens is 2. The maximum absolute atomic E-state index is 13.0. The number of hydrogen-bond donors (Lipinski definition) is 1. The van der Waals surface area contributed by atoms with Gasteiger partial charge in [-0.1, -0.05) is 18.2 Å². The van der Waals surface area contributed by atoms with Gasteiger partial charge in [0.1, 0.15) is 5.41 Å². The normalized spacial score (nSPS) is 20.0. The van der Waals surface area contributed by atoms with Gasteiger partial charge in [0.25, 0.3) is 5.91 Å². The third kappa shape index (κ3) is 3.41. The van der Waals surface area contributed by atoms with E-state index in [2.05, 4.69) is 5.10 Å². The first kappa shape index (κ1) is 17.2. The quantitative estimate of drug-likeness (QED) is 0.859. The van der Waals surface area contributed by atoms with E-state index in [0.29, 0.717) is 25.1 Å². The van der Waals surface area contributed by atoms with Gasteiger partial charge in [0.15, 0.2) is 0 Å². The monoisotopic (exact) mass is 343 g/mol. The van der Waals surface area contributed by atoms with Gasteiger partial charge < -0.3 is 14.7 Å². The second kappa shape index (κ2) is 7.06. The third-order valence-corrected chi connectivity index (χ3v) is 4.65. The number of nitrogens with zero attached hydrogens (tertiary/aromatic N) is 3. The van der Waals surface area contributed by atoms with E-state index in [1.54, 1.807) is 21.8 Å². The Morgan fingerprint density at radius 3 is 2.80 bits per heavy atom. The number of ether oxygens (including phenoxy) is 1. The number of benzene rings is 1. The van der Waals surface area contributed by atoms with Gasteiger partial charge in [-0.25, -0.2) is 0 Å². The molecule has 1 aliphatic heterocycles. The van der Waals surface area contributed by atoms with E-state index in [-0.39, 0.29) is 19.1 Å². The summed E-state index contributed by atoms with van der Waals surface area (Å²) >= 11 is 0. The van der Waals surface area contributed by atoms with Crippen LogP contribution in [0.4, 0.5) is 0 Å². The molecule has 0 radical (unpaired) electrons. The highest BCUT2D eigenvalue weighted by Gasteiger charge is 2.46. The number of hydrogen-bond acceptors (Lipinski definition) is 4. The van der Waals surface area contributed by atoms with Crippen LogP contribution in [0.15, 0.2) is 42.7 Å². The molecule has 0 aliphatic carbocycles. The molecule has 1 atom stereocenters. The Morgan fingerprint density at radius 2 is 2.12 bits per heavy atom. The van der Waals surface area contributed by atoms with Crippen LogP contribution in [0.1, 0.15) is 22.3 Å². The zero-order chi connectivity index (χ0) is 17.9. The second-order valence-corrected chi connectivity index (χ2v) is 6.36. The predicted molar refractivity (Wildman–Crippen MR) is 90.2 cm³/mol. The highest BCUT2D eigenvalue weighted by molar-refractivity contribution is 5.96. The molecule has 7 nitrogen and oxygen atoms in total. The van der Waals surface area contributed by atoms with Crippen molar-refractivity contribution < 1.29 is 19.4 Å². The standard InChI is InChI=1S/C18H21N3O4/c1-25-13-18(17(23)24)7-10-20(12-18)16(22)15-6-3-2-5-14(15)11-21-9-4-8-19-21/h2-6,8-9H,7,10-13H2,1H3,(H,23,24). The van der Waals surface area contributed by atoms with Crippen molar-refractivity contribution >= 4 is 11.9 Å². The van der Waals surface area contributed by atoms with Crippen LogP contribution < -0.4 is 0 Å². The fourth-order valence-electron chi connectivity index (χ4n) is 3.28. The van der Waals surface area contributed by atoms with Gasteiger partial charge >= 0.3 is 5.97 Å². The Balaban J connectivity index is 1.81.